The molecule has 1 aromatic rings. The Morgan fingerprint density at radius 1 is 1.15 bits per heavy atom. The van der Waals surface area contributed by atoms with Gasteiger partial charge in [0.1, 0.15) is 0 Å². The number of nitrogens with two attached hydrogens (primary N) is 1. The van der Waals surface area contributed by atoms with E-state index < -0.39 is 0 Å². The minimum atomic E-state index is 0.406. The van der Waals surface area contributed by atoms with Gasteiger partial charge in [-0.15, -0.1) is 0 Å². The quantitative estimate of drug-likeness (QED) is 0.782. The van der Waals surface area contributed by atoms with Crippen molar-refractivity contribution in [3.8, 4) is 0 Å². The zero-order valence-corrected chi connectivity index (χ0v) is 12.7. The summed E-state index contributed by atoms with van der Waals surface area (Å²) in [6.07, 6.45) is 6.80. The summed E-state index contributed by atoms with van der Waals surface area (Å²) >= 11 is 0. The molecule has 1 atom stereocenters. The second kappa shape index (κ2) is 6.28. The molecule has 0 radical (unpaired) electrons. The van der Waals surface area contributed by atoms with Gasteiger partial charge in [0.15, 0.2) is 0 Å². The van der Waals surface area contributed by atoms with Crippen molar-refractivity contribution in [3.63, 3.8) is 0 Å². The SMILES string of the molecule is CCCN(CC1CC1)C(CN)c1ccc(C2CC2)cc1. The van der Waals surface area contributed by atoms with Gasteiger partial charge in [0.05, 0.1) is 0 Å². The topological polar surface area (TPSA) is 29.3 Å². The Morgan fingerprint density at radius 3 is 2.35 bits per heavy atom. The molecule has 0 heterocycles. The van der Waals surface area contributed by atoms with E-state index in [0.29, 0.717) is 6.04 Å². The Labute approximate surface area is 123 Å². The predicted molar refractivity (Wildman–Crippen MR) is 84.8 cm³/mol. The van der Waals surface area contributed by atoms with E-state index in [1.807, 2.05) is 0 Å². The summed E-state index contributed by atoms with van der Waals surface area (Å²) in [5.41, 5.74) is 9.03. The van der Waals surface area contributed by atoms with Gasteiger partial charge in [0, 0.05) is 19.1 Å². The van der Waals surface area contributed by atoms with E-state index in [1.165, 1.54) is 56.3 Å². The van der Waals surface area contributed by atoms with Crippen molar-refractivity contribution in [1.82, 2.24) is 4.90 Å². The highest BCUT2D eigenvalue weighted by atomic mass is 15.2. The van der Waals surface area contributed by atoms with Crippen LogP contribution in [-0.2, 0) is 0 Å². The highest BCUT2D eigenvalue weighted by Gasteiger charge is 2.28. The second-order valence-corrected chi connectivity index (χ2v) is 6.63. The summed E-state index contributed by atoms with van der Waals surface area (Å²) in [5, 5.41) is 0. The average Bonchev–Trinajstić information content (AvgIpc) is 3.34. The van der Waals surface area contributed by atoms with Crippen LogP contribution in [0.3, 0.4) is 0 Å². The van der Waals surface area contributed by atoms with Crippen LogP contribution in [-0.4, -0.2) is 24.5 Å². The van der Waals surface area contributed by atoms with E-state index in [0.717, 1.165) is 18.4 Å². The van der Waals surface area contributed by atoms with E-state index in [4.69, 9.17) is 5.73 Å². The number of nitrogens with zero attached hydrogens (tertiary/aromatic N) is 1. The molecule has 2 nitrogen and oxygen atoms in total. The third-order valence-electron chi connectivity index (χ3n) is 4.73. The zero-order chi connectivity index (χ0) is 13.9. The third kappa shape index (κ3) is 3.42. The minimum absolute atomic E-state index is 0.406. The Bertz CT molecular complexity index is 418. The standard InChI is InChI=1S/C18H28N2/c1-2-11-20(13-14-3-4-14)18(12-19)17-9-7-16(8-10-17)15-5-6-15/h7-10,14-15,18H,2-6,11-13,19H2,1H3. The summed E-state index contributed by atoms with van der Waals surface area (Å²) < 4.78 is 0. The Hall–Kier alpha value is -0.860. The second-order valence-electron chi connectivity index (χ2n) is 6.63. The first-order chi connectivity index (χ1) is 9.81. The molecule has 0 amide bonds. The lowest BCUT2D eigenvalue weighted by atomic mass is 10.0. The maximum absolute atomic E-state index is 6.10. The van der Waals surface area contributed by atoms with E-state index in [-0.39, 0.29) is 0 Å². The van der Waals surface area contributed by atoms with Crippen LogP contribution in [0.15, 0.2) is 24.3 Å². The lowest BCUT2D eigenvalue weighted by Crippen LogP contribution is -2.36. The molecule has 2 heteroatoms. The number of benzene rings is 1. The molecule has 0 saturated heterocycles. The maximum atomic E-state index is 6.10. The molecule has 20 heavy (non-hydrogen) atoms. The molecule has 0 aromatic heterocycles. The lowest BCUT2D eigenvalue weighted by molar-refractivity contribution is 0.193. The van der Waals surface area contributed by atoms with E-state index in [2.05, 4.69) is 36.1 Å². The number of rotatable bonds is 8. The maximum Gasteiger partial charge on any atom is 0.0470 e. The molecule has 2 N–H and O–H groups in total. The lowest BCUT2D eigenvalue weighted by Gasteiger charge is -2.31. The molecule has 0 bridgehead atoms. The van der Waals surface area contributed by atoms with Crippen molar-refractivity contribution in [2.24, 2.45) is 11.7 Å². The van der Waals surface area contributed by atoms with Crippen LogP contribution in [0.25, 0.3) is 0 Å². The van der Waals surface area contributed by atoms with Crippen LogP contribution in [0.4, 0.5) is 0 Å². The van der Waals surface area contributed by atoms with Gasteiger partial charge in [-0.25, -0.2) is 0 Å². The summed E-state index contributed by atoms with van der Waals surface area (Å²) in [6, 6.07) is 9.71. The Kier molecular flexibility index (Phi) is 4.42. The van der Waals surface area contributed by atoms with E-state index >= 15 is 0 Å². The largest absolute Gasteiger partial charge is 0.329 e. The molecule has 110 valence electrons. The molecule has 3 rings (SSSR count). The van der Waals surface area contributed by atoms with Crippen molar-refractivity contribution in [2.45, 2.75) is 51.0 Å². The first kappa shape index (κ1) is 14.1. The summed E-state index contributed by atoms with van der Waals surface area (Å²) in [5.74, 6) is 1.78. The monoisotopic (exact) mass is 272 g/mol. The molecule has 2 aliphatic rings. The fraction of sp³-hybridized carbons (Fsp3) is 0.667. The van der Waals surface area contributed by atoms with Crippen molar-refractivity contribution in [1.29, 1.82) is 0 Å². The highest BCUT2D eigenvalue weighted by molar-refractivity contribution is 5.30. The van der Waals surface area contributed by atoms with Gasteiger partial charge in [-0.1, -0.05) is 31.2 Å². The number of hydrogen-bond acceptors (Lipinski definition) is 2. The fourth-order valence-electron chi connectivity index (χ4n) is 3.20. The minimum Gasteiger partial charge on any atom is -0.329 e. The normalized spacial score (nSPS) is 20.4. The molecule has 2 fully saturated rings. The Morgan fingerprint density at radius 2 is 1.85 bits per heavy atom. The van der Waals surface area contributed by atoms with Crippen LogP contribution >= 0.6 is 0 Å². The zero-order valence-electron chi connectivity index (χ0n) is 12.7. The smallest absolute Gasteiger partial charge is 0.0470 e. The first-order valence-electron chi connectivity index (χ1n) is 8.35. The van der Waals surface area contributed by atoms with Gasteiger partial charge in [0.25, 0.3) is 0 Å². The molecular formula is C18H28N2. The molecule has 2 aliphatic carbocycles. The van der Waals surface area contributed by atoms with Crippen LogP contribution in [0.5, 0.6) is 0 Å². The van der Waals surface area contributed by atoms with Crippen molar-refractivity contribution in [3.05, 3.63) is 35.4 Å². The van der Waals surface area contributed by atoms with Crippen LogP contribution in [0.1, 0.15) is 62.1 Å². The van der Waals surface area contributed by atoms with Crippen LogP contribution in [0.2, 0.25) is 0 Å². The predicted octanol–water partition coefficient (Wildman–Crippen LogP) is 3.69. The molecule has 1 unspecified atom stereocenters. The van der Waals surface area contributed by atoms with Gasteiger partial charge in [0.2, 0.25) is 0 Å². The van der Waals surface area contributed by atoms with Crippen LogP contribution in [0, 0.1) is 5.92 Å². The van der Waals surface area contributed by atoms with Crippen molar-refractivity contribution >= 4 is 0 Å². The van der Waals surface area contributed by atoms with Crippen molar-refractivity contribution in [2.75, 3.05) is 19.6 Å². The van der Waals surface area contributed by atoms with Crippen molar-refractivity contribution < 1.29 is 0 Å². The third-order valence-corrected chi connectivity index (χ3v) is 4.73. The van der Waals surface area contributed by atoms with Gasteiger partial charge in [-0.3, -0.25) is 4.90 Å². The summed E-state index contributed by atoms with van der Waals surface area (Å²) in [6.45, 7) is 5.40. The number of hydrogen-bond donors (Lipinski definition) is 1. The molecule has 2 saturated carbocycles. The molecule has 0 spiro atoms. The molecular weight excluding hydrogens is 244 g/mol. The first-order valence-corrected chi connectivity index (χ1v) is 8.35. The van der Waals surface area contributed by atoms with Gasteiger partial charge in [-0.2, -0.15) is 0 Å². The van der Waals surface area contributed by atoms with Gasteiger partial charge < -0.3 is 5.73 Å². The average molecular weight is 272 g/mol. The molecule has 1 aromatic carbocycles. The van der Waals surface area contributed by atoms with Crippen LogP contribution < -0.4 is 5.73 Å². The van der Waals surface area contributed by atoms with E-state index in [9.17, 15) is 0 Å². The molecule has 0 aliphatic heterocycles. The van der Waals surface area contributed by atoms with Gasteiger partial charge >= 0.3 is 0 Å². The summed E-state index contributed by atoms with van der Waals surface area (Å²) in [7, 11) is 0. The summed E-state index contributed by atoms with van der Waals surface area (Å²) in [4.78, 5) is 2.61. The highest BCUT2D eigenvalue weighted by Crippen LogP contribution is 2.40. The Balaban J connectivity index is 1.71. The van der Waals surface area contributed by atoms with Gasteiger partial charge in [-0.05, 0) is 61.6 Å². The fourth-order valence-corrected chi connectivity index (χ4v) is 3.20. The van der Waals surface area contributed by atoms with E-state index in [1.54, 1.807) is 0 Å².